The third-order valence-corrected chi connectivity index (χ3v) is 7.64. The lowest BCUT2D eigenvalue weighted by atomic mass is 10.0. The number of H-pyrrole nitrogens is 1. The molecule has 2 heterocycles. The number of aromatic nitrogens is 1. The minimum absolute atomic E-state index is 0.0693. The Morgan fingerprint density at radius 1 is 1.09 bits per heavy atom. The smallest absolute Gasteiger partial charge is 0.333 e. The molecule has 2 aromatic heterocycles. The Labute approximate surface area is 191 Å². The fraction of sp³-hybridized carbons (Fsp3) is 0.0476. The van der Waals surface area contributed by atoms with Gasteiger partial charge in [0, 0.05) is 28.4 Å². The van der Waals surface area contributed by atoms with Gasteiger partial charge in [0.25, 0.3) is 10.0 Å². The quantitative estimate of drug-likeness (QED) is 0.383. The Morgan fingerprint density at radius 3 is 2.50 bits per heavy atom. The predicted octanol–water partition coefficient (Wildman–Crippen LogP) is 4.43. The van der Waals surface area contributed by atoms with Gasteiger partial charge in [-0.1, -0.05) is 23.7 Å². The number of hydrogen-bond donors (Lipinski definition) is 3. The molecule has 0 unspecified atom stereocenters. The number of benzene rings is 2. The van der Waals surface area contributed by atoms with Crippen LogP contribution in [0.1, 0.15) is 0 Å². The van der Waals surface area contributed by atoms with E-state index in [0.717, 1.165) is 11.3 Å². The summed E-state index contributed by atoms with van der Waals surface area (Å²) in [5, 5.41) is 2.94. The van der Waals surface area contributed by atoms with Crippen molar-refractivity contribution in [2.45, 2.75) is 4.21 Å². The lowest BCUT2D eigenvalue weighted by Crippen LogP contribution is -2.33. The molecule has 0 atom stereocenters. The zero-order valence-corrected chi connectivity index (χ0v) is 18.9. The molecule has 2 aromatic carbocycles. The Morgan fingerprint density at radius 2 is 1.84 bits per heavy atom. The van der Waals surface area contributed by atoms with Crippen molar-refractivity contribution >= 4 is 55.6 Å². The number of ether oxygens (including phenoxy) is 1. The second-order valence-electron chi connectivity index (χ2n) is 6.64. The summed E-state index contributed by atoms with van der Waals surface area (Å²) in [5.74, 6) is 0.575. The Balaban J connectivity index is 1.53. The Bertz CT molecular complexity index is 1480. The van der Waals surface area contributed by atoms with Crippen LogP contribution < -0.4 is 20.2 Å². The Kier molecular flexibility index (Phi) is 5.92. The number of hydrogen-bond acceptors (Lipinski definition) is 6. The number of carbonyl (C=O) groups is 1. The van der Waals surface area contributed by atoms with Crippen LogP contribution >= 0.6 is 22.9 Å². The van der Waals surface area contributed by atoms with E-state index in [2.05, 4.69) is 10.3 Å². The first-order valence-corrected chi connectivity index (χ1v) is 11.8. The Hall–Kier alpha value is -3.34. The molecular formula is C21H16ClN3O5S2. The molecule has 164 valence electrons. The van der Waals surface area contributed by atoms with Crippen LogP contribution in [0, 0.1) is 0 Å². The number of methoxy groups -OCH3 is 1. The van der Waals surface area contributed by atoms with E-state index in [4.69, 9.17) is 16.3 Å². The number of thiophene rings is 1. The van der Waals surface area contributed by atoms with E-state index in [0.29, 0.717) is 37.8 Å². The summed E-state index contributed by atoms with van der Waals surface area (Å²) < 4.78 is 31.8. The van der Waals surface area contributed by atoms with Crippen molar-refractivity contribution in [3.05, 3.63) is 75.4 Å². The van der Waals surface area contributed by atoms with E-state index >= 15 is 0 Å². The molecule has 0 spiro atoms. The minimum Gasteiger partial charge on any atom is -0.497 e. The summed E-state index contributed by atoms with van der Waals surface area (Å²) in [6.45, 7) is 0. The summed E-state index contributed by atoms with van der Waals surface area (Å²) in [5.41, 5.74) is 1.94. The van der Waals surface area contributed by atoms with Crippen LogP contribution in [0.25, 0.3) is 22.0 Å². The van der Waals surface area contributed by atoms with Gasteiger partial charge in [-0.2, -0.15) is 0 Å². The van der Waals surface area contributed by atoms with E-state index in [1.807, 2.05) is 4.72 Å². The molecule has 11 heteroatoms. The van der Waals surface area contributed by atoms with E-state index in [1.165, 1.54) is 19.2 Å². The lowest BCUT2D eigenvalue weighted by Gasteiger charge is -2.09. The normalized spacial score (nSPS) is 11.3. The fourth-order valence-corrected chi connectivity index (χ4v) is 5.43. The van der Waals surface area contributed by atoms with Gasteiger partial charge in [0.05, 0.1) is 11.4 Å². The number of aromatic amines is 1. The summed E-state index contributed by atoms with van der Waals surface area (Å²) in [6, 6.07) is 13.5. The number of sulfonamides is 1. The van der Waals surface area contributed by atoms with Crippen LogP contribution in [-0.2, 0) is 10.0 Å². The number of urea groups is 1. The van der Waals surface area contributed by atoms with E-state index < -0.39 is 16.1 Å². The van der Waals surface area contributed by atoms with Crippen molar-refractivity contribution in [2.24, 2.45) is 0 Å². The second-order valence-corrected chi connectivity index (χ2v) is 10.3. The molecule has 8 nitrogen and oxygen atoms in total. The van der Waals surface area contributed by atoms with Gasteiger partial charge in [0.15, 0.2) is 5.43 Å². The van der Waals surface area contributed by atoms with Crippen LogP contribution in [0.15, 0.2) is 69.8 Å². The average molecular weight is 490 g/mol. The summed E-state index contributed by atoms with van der Waals surface area (Å²) in [6.07, 6.45) is 1.62. The first kappa shape index (κ1) is 21.9. The third kappa shape index (κ3) is 4.47. The highest BCUT2D eigenvalue weighted by Crippen LogP contribution is 2.26. The maximum absolute atomic E-state index is 12.9. The van der Waals surface area contributed by atoms with Gasteiger partial charge < -0.3 is 15.0 Å². The first-order valence-electron chi connectivity index (χ1n) is 9.16. The van der Waals surface area contributed by atoms with Gasteiger partial charge >= 0.3 is 6.03 Å². The molecule has 4 aromatic rings. The molecule has 3 N–H and O–H groups in total. The molecule has 0 bridgehead atoms. The van der Waals surface area contributed by atoms with Gasteiger partial charge in [-0.05, 0) is 48.0 Å². The van der Waals surface area contributed by atoms with Crippen LogP contribution in [0.2, 0.25) is 4.34 Å². The van der Waals surface area contributed by atoms with Crippen molar-refractivity contribution in [1.82, 2.24) is 9.71 Å². The predicted molar refractivity (Wildman–Crippen MR) is 125 cm³/mol. The van der Waals surface area contributed by atoms with Gasteiger partial charge in [0.2, 0.25) is 0 Å². The van der Waals surface area contributed by atoms with Crippen molar-refractivity contribution < 1.29 is 17.9 Å². The van der Waals surface area contributed by atoms with E-state index in [1.54, 1.807) is 48.7 Å². The first-order chi connectivity index (χ1) is 15.3. The van der Waals surface area contributed by atoms with Crippen LogP contribution in [0.4, 0.5) is 10.5 Å². The topological polar surface area (TPSA) is 117 Å². The number of nitrogens with one attached hydrogen (secondary N) is 3. The number of halogens is 1. The maximum Gasteiger partial charge on any atom is 0.333 e. The molecule has 0 saturated carbocycles. The van der Waals surface area contributed by atoms with E-state index in [9.17, 15) is 18.0 Å². The number of anilines is 1. The molecule has 0 aliphatic rings. The van der Waals surface area contributed by atoms with Gasteiger partial charge in [-0.25, -0.2) is 17.9 Å². The molecule has 0 saturated heterocycles. The zero-order chi connectivity index (χ0) is 22.9. The molecule has 0 fully saturated rings. The molecular weight excluding hydrogens is 474 g/mol. The van der Waals surface area contributed by atoms with Crippen molar-refractivity contribution in [2.75, 3.05) is 12.4 Å². The third-order valence-electron chi connectivity index (χ3n) is 4.58. The number of pyridine rings is 1. The summed E-state index contributed by atoms with van der Waals surface area (Å²) in [4.78, 5) is 28.1. The SMILES string of the molecule is COc1ccc2[nH]cc(-c3ccc(NC(=O)NS(=O)(=O)c4ccc(Cl)s4)cc3)c(=O)c2c1. The van der Waals surface area contributed by atoms with Gasteiger partial charge in [-0.3, -0.25) is 4.79 Å². The number of carbonyl (C=O) groups excluding carboxylic acids is 1. The summed E-state index contributed by atoms with van der Waals surface area (Å²) in [7, 11) is -2.50. The zero-order valence-electron chi connectivity index (χ0n) is 16.5. The number of fused-ring (bicyclic) bond motifs is 1. The summed E-state index contributed by atoms with van der Waals surface area (Å²) >= 11 is 6.59. The lowest BCUT2D eigenvalue weighted by molar-refractivity contribution is 0.256. The van der Waals surface area contributed by atoms with E-state index in [-0.39, 0.29) is 9.64 Å². The molecule has 0 aliphatic heterocycles. The minimum atomic E-state index is -4.03. The van der Waals surface area contributed by atoms with Crippen molar-refractivity contribution in [1.29, 1.82) is 0 Å². The van der Waals surface area contributed by atoms with Gasteiger partial charge in [0.1, 0.15) is 9.96 Å². The molecule has 4 rings (SSSR count). The highest BCUT2D eigenvalue weighted by Gasteiger charge is 2.20. The molecule has 0 aliphatic carbocycles. The molecule has 2 amide bonds. The second kappa shape index (κ2) is 8.65. The largest absolute Gasteiger partial charge is 0.497 e. The maximum atomic E-state index is 12.9. The fourth-order valence-electron chi connectivity index (χ4n) is 3.04. The van der Waals surface area contributed by atoms with Crippen molar-refractivity contribution in [3.63, 3.8) is 0 Å². The van der Waals surface area contributed by atoms with Crippen LogP contribution in [-0.4, -0.2) is 26.5 Å². The molecule has 32 heavy (non-hydrogen) atoms. The van der Waals surface area contributed by atoms with Crippen LogP contribution in [0.3, 0.4) is 0 Å². The number of amides is 2. The average Bonchev–Trinajstić information content (AvgIpc) is 3.21. The van der Waals surface area contributed by atoms with Crippen LogP contribution in [0.5, 0.6) is 5.75 Å². The van der Waals surface area contributed by atoms with Crippen molar-refractivity contribution in [3.8, 4) is 16.9 Å². The van der Waals surface area contributed by atoms with Gasteiger partial charge in [-0.15, -0.1) is 11.3 Å². The molecule has 0 radical (unpaired) electrons. The number of rotatable bonds is 5. The standard InChI is InChI=1S/C21H16ClN3O5S2/c1-30-14-6-7-17-15(10-14)20(26)16(11-23-17)12-2-4-13(5-3-12)24-21(27)25-32(28,29)19-9-8-18(22)31-19/h2-11H,1H3,(H,23,26)(H2,24,25,27). The highest BCUT2D eigenvalue weighted by atomic mass is 35.5. The highest BCUT2D eigenvalue weighted by molar-refractivity contribution is 7.92. The monoisotopic (exact) mass is 489 g/mol.